The number of nitrogens with zero attached hydrogens (tertiary/aromatic N) is 1. The van der Waals surface area contributed by atoms with Crippen molar-refractivity contribution in [2.24, 2.45) is 0 Å². The van der Waals surface area contributed by atoms with Gasteiger partial charge >= 0.3 is 0 Å². The molecule has 18 heavy (non-hydrogen) atoms. The first-order valence-electron chi connectivity index (χ1n) is 5.87. The van der Waals surface area contributed by atoms with Crippen LogP contribution in [0.2, 0.25) is 0 Å². The highest BCUT2D eigenvalue weighted by Crippen LogP contribution is 2.24. The molecule has 0 N–H and O–H groups in total. The van der Waals surface area contributed by atoms with E-state index in [1.165, 1.54) is 0 Å². The van der Waals surface area contributed by atoms with Crippen LogP contribution in [0.1, 0.15) is 24.2 Å². The van der Waals surface area contributed by atoms with Crippen molar-refractivity contribution in [3.8, 4) is 11.1 Å². The molecule has 0 atom stereocenters. The van der Waals surface area contributed by atoms with Gasteiger partial charge < -0.3 is 0 Å². The topological polar surface area (TPSA) is 30.0 Å². The van der Waals surface area contributed by atoms with Gasteiger partial charge in [-0.2, -0.15) is 0 Å². The van der Waals surface area contributed by atoms with E-state index in [9.17, 15) is 4.79 Å². The molecule has 0 bridgehead atoms. The number of rotatable bonds is 4. The zero-order valence-corrected chi connectivity index (χ0v) is 11.3. The minimum atomic E-state index is 0.537. The second kappa shape index (κ2) is 5.83. The van der Waals surface area contributed by atoms with E-state index < -0.39 is 0 Å². The Morgan fingerprint density at radius 3 is 2.22 bits per heavy atom. The van der Waals surface area contributed by atoms with Crippen LogP contribution in [0.3, 0.4) is 0 Å². The molecule has 0 saturated heterocycles. The Hall–Kier alpha value is -1.61. The molecule has 2 rings (SSSR count). The number of hydrogen-bond acceptors (Lipinski definition) is 3. The molecule has 0 amide bonds. The smallest absolute Gasteiger partial charge is 0.150 e. The first-order valence-corrected chi connectivity index (χ1v) is 6.75. The summed E-state index contributed by atoms with van der Waals surface area (Å²) in [4.78, 5) is 15.0. The van der Waals surface area contributed by atoms with Gasteiger partial charge in [-0.3, -0.25) is 4.79 Å². The fraction of sp³-hybridized carbons (Fsp3) is 0.200. The zero-order chi connectivity index (χ0) is 13.0. The van der Waals surface area contributed by atoms with Crippen LogP contribution >= 0.6 is 11.8 Å². The molecule has 0 aliphatic heterocycles. The van der Waals surface area contributed by atoms with Gasteiger partial charge in [0.1, 0.15) is 6.29 Å². The Morgan fingerprint density at radius 2 is 1.72 bits per heavy atom. The average molecular weight is 257 g/mol. The molecule has 0 spiro atoms. The van der Waals surface area contributed by atoms with Gasteiger partial charge in [-0.05, 0) is 11.6 Å². The highest BCUT2D eigenvalue weighted by Gasteiger charge is 2.02. The fourth-order valence-electron chi connectivity index (χ4n) is 1.62. The van der Waals surface area contributed by atoms with Crippen molar-refractivity contribution in [1.82, 2.24) is 4.98 Å². The minimum Gasteiger partial charge on any atom is -0.298 e. The molecule has 1 aromatic heterocycles. The second-order valence-electron chi connectivity index (χ2n) is 4.29. The summed E-state index contributed by atoms with van der Waals surface area (Å²) >= 11 is 1.75. The maximum Gasteiger partial charge on any atom is 0.150 e. The molecule has 1 aromatic carbocycles. The van der Waals surface area contributed by atoms with E-state index in [-0.39, 0.29) is 0 Å². The van der Waals surface area contributed by atoms with Crippen LogP contribution in [0.5, 0.6) is 0 Å². The van der Waals surface area contributed by atoms with Crippen molar-refractivity contribution in [1.29, 1.82) is 0 Å². The Labute approximate surface area is 111 Å². The third-order valence-electron chi connectivity index (χ3n) is 2.47. The summed E-state index contributed by atoms with van der Waals surface area (Å²) < 4.78 is 0. The highest BCUT2D eigenvalue weighted by molar-refractivity contribution is 7.99. The molecule has 0 saturated carbocycles. The van der Waals surface area contributed by atoms with Crippen LogP contribution in [0.4, 0.5) is 0 Å². The van der Waals surface area contributed by atoms with E-state index >= 15 is 0 Å². The quantitative estimate of drug-likeness (QED) is 0.611. The lowest BCUT2D eigenvalue weighted by molar-refractivity contribution is 0.112. The number of carbonyl (C=O) groups excluding carboxylic acids is 1. The average Bonchev–Trinajstić information content (AvgIpc) is 2.39. The van der Waals surface area contributed by atoms with Gasteiger partial charge in [0, 0.05) is 22.6 Å². The van der Waals surface area contributed by atoms with Gasteiger partial charge in [0.2, 0.25) is 0 Å². The predicted molar refractivity (Wildman–Crippen MR) is 76.1 cm³/mol. The maximum absolute atomic E-state index is 10.6. The van der Waals surface area contributed by atoms with Crippen LogP contribution in [-0.4, -0.2) is 16.5 Å². The third-order valence-corrected chi connectivity index (χ3v) is 3.43. The van der Waals surface area contributed by atoms with Crippen LogP contribution in [0.25, 0.3) is 11.1 Å². The van der Waals surface area contributed by atoms with Gasteiger partial charge in [-0.15, -0.1) is 11.8 Å². The molecule has 0 radical (unpaired) electrons. The van der Waals surface area contributed by atoms with E-state index in [0.717, 1.165) is 22.4 Å². The first-order chi connectivity index (χ1) is 8.69. The van der Waals surface area contributed by atoms with Crippen LogP contribution in [-0.2, 0) is 0 Å². The number of aldehydes is 1. The third kappa shape index (κ3) is 3.20. The Bertz CT molecular complexity index is 517. The maximum atomic E-state index is 10.6. The van der Waals surface area contributed by atoms with Gasteiger partial charge in [0.05, 0.1) is 5.03 Å². The van der Waals surface area contributed by atoms with Crippen LogP contribution in [0, 0.1) is 0 Å². The van der Waals surface area contributed by atoms with E-state index in [1.807, 2.05) is 36.5 Å². The van der Waals surface area contributed by atoms with Crippen molar-refractivity contribution in [2.75, 3.05) is 0 Å². The number of benzene rings is 1. The standard InChI is InChI=1S/C15H15NOS/c1-11(2)18-15-8-7-14(9-16-15)13-5-3-12(10-17)4-6-13/h3-11H,1-2H3. The van der Waals surface area contributed by atoms with E-state index in [4.69, 9.17) is 0 Å². The van der Waals surface area contributed by atoms with Gasteiger partial charge in [-0.25, -0.2) is 4.98 Å². The normalized spacial score (nSPS) is 10.6. The monoisotopic (exact) mass is 257 g/mol. The van der Waals surface area contributed by atoms with Crippen molar-refractivity contribution in [3.05, 3.63) is 48.2 Å². The molecular formula is C15H15NOS. The summed E-state index contributed by atoms with van der Waals surface area (Å²) in [7, 11) is 0. The summed E-state index contributed by atoms with van der Waals surface area (Å²) in [6.07, 6.45) is 2.73. The number of thioether (sulfide) groups is 1. The second-order valence-corrected chi connectivity index (χ2v) is 5.89. The minimum absolute atomic E-state index is 0.537. The van der Waals surface area contributed by atoms with Crippen LogP contribution < -0.4 is 0 Å². The molecule has 1 heterocycles. The Balaban J connectivity index is 2.20. The molecular weight excluding hydrogens is 242 g/mol. The molecule has 0 fully saturated rings. The van der Waals surface area contributed by atoms with E-state index in [2.05, 4.69) is 24.9 Å². The largest absolute Gasteiger partial charge is 0.298 e. The van der Waals surface area contributed by atoms with E-state index in [1.54, 1.807) is 11.8 Å². The number of carbonyl (C=O) groups is 1. The van der Waals surface area contributed by atoms with Crippen molar-refractivity contribution in [2.45, 2.75) is 24.1 Å². The molecule has 0 aliphatic carbocycles. The molecule has 2 nitrogen and oxygen atoms in total. The summed E-state index contributed by atoms with van der Waals surface area (Å²) in [5, 5.41) is 1.58. The SMILES string of the molecule is CC(C)Sc1ccc(-c2ccc(C=O)cc2)cn1. The van der Waals surface area contributed by atoms with Crippen molar-refractivity contribution < 1.29 is 4.79 Å². The highest BCUT2D eigenvalue weighted by atomic mass is 32.2. The summed E-state index contributed by atoms with van der Waals surface area (Å²) in [5.74, 6) is 0. The van der Waals surface area contributed by atoms with Crippen molar-refractivity contribution in [3.63, 3.8) is 0 Å². The Kier molecular flexibility index (Phi) is 4.15. The zero-order valence-electron chi connectivity index (χ0n) is 10.5. The van der Waals surface area contributed by atoms with E-state index in [0.29, 0.717) is 10.8 Å². The number of hydrogen-bond donors (Lipinski definition) is 0. The van der Waals surface area contributed by atoms with Crippen LogP contribution in [0.15, 0.2) is 47.6 Å². The lowest BCUT2D eigenvalue weighted by atomic mass is 10.1. The molecule has 0 unspecified atom stereocenters. The summed E-state index contributed by atoms with van der Waals surface area (Å²) in [6, 6.07) is 11.6. The van der Waals surface area contributed by atoms with Gasteiger partial charge in [0.15, 0.2) is 0 Å². The molecule has 3 heteroatoms. The molecule has 92 valence electrons. The van der Waals surface area contributed by atoms with Gasteiger partial charge in [0.25, 0.3) is 0 Å². The lowest BCUT2D eigenvalue weighted by Gasteiger charge is -2.05. The number of pyridine rings is 1. The number of aromatic nitrogens is 1. The Morgan fingerprint density at radius 1 is 1.06 bits per heavy atom. The van der Waals surface area contributed by atoms with Crippen molar-refractivity contribution >= 4 is 18.0 Å². The molecule has 0 aliphatic rings. The molecule has 2 aromatic rings. The first kappa shape index (κ1) is 12.8. The summed E-state index contributed by atoms with van der Waals surface area (Å²) in [6.45, 7) is 4.30. The summed E-state index contributed by atoms with van der Waals surface area (Å²) in [5.41, 5.74) is 2.84. The van der Waals surface area contributed by atoms with Gasteiger partial charge in [-0.1, -0.05) is 44.2 Å². The predicted octanol–water partition coefficient (Wildman–Crippen LogP) is 4.06. The lowest BCUT2D eigenvalue weighted by Crippen LogP contribution is -1.89. The fourth-order valence-corrected chi connectivity index (χ4v) is 2.36.